The van der Waals surface area contributed by atoms with Crippen LogP contribution in [0.25, 0.3) is 5.52 Å². The SMILES string of the molecule is CNC(C)c1ncc2cc(O)ccn12. The van der Waals surface area contributed by atoms with Gasteiger partial charge in [0, 0.05) is 12.3 Å². The highest BCUT2D eigenvalue weighted by atomic mass is 16.3. The van der Waals surface area contributed by atoms with Gasteiger partial charge in [-0.05, 0) is 20.0 Å². The summed E-state index contributed by atoms with van der Waals surface area (Å²) in [5, 5.41) is 12.4. The van der Waals surface area contributed by atoms with Gasteiger partial charge in [0.15, 0.2) is 0 Å². The number of nitrogens with zero attached hydrogens (tertiary/aromatic N) is 2. The highest BCUT2D eigenvalue weighted by Crippen LogP contribution is 2.17. The molecule has 0 fully saturated rings. The van der Waals surface area contributed by atoms with Gasteiger partial charge in [-0.1, -0.05) is 0 Å². The predicted molar refractivity (Wildman–Crippen MR) is 54.3 cm³/mol. The summed E-state index contributed by atoms with van der Waals surface area (Å²) < 4.78 is 1.96. The zero-order valence-electron chi connectivity index (χ0n) is 8.23. The van der Waals surface area contributed by atoms with Crippen LogP contribution in [0, 0.1) is 0 Å². The molecule has 2 aromatic heterocycles. The van der Waals surface area contributed by atoms with Crippen LogP contribution in [0.3, 0.4) is 0 Å². The number of nitrogens with one attached hydrogen (secondary N) is 1. The van der Waals surface area contributed by atoms with Crippen molar-refractivity contribution in [3.05, 3.63) is 30.4 Å². The van der Waals surface area contributed by atoms with E-state index in [0.29, 0.717) is 0 Å². The fourth-order valence-corrected chi connectivity index (χ4v) is 1.46. The first-order chi connectivity index (χ1) is 6.72. The molecule has 0 spiro atoms. The number of aromatic hydroxyl groups is 1. The Labute approximate surface area is 82.2 Å². The smallest absolute Gasteiger partial charge is 0.130 e. The van der Waals surface area contributed by atoms with Crippen molar-refractivity contribution in [2.75, 3.05) is 7.05 Å². The molecule has 4 nitrogen and oxygen atoms in total. The zero-order valence-corrected chi connectivity index (χ0v) is 8.23. The van der Waals surface area contributed by atoms with Gasteiger partial charge in [-0.2, -0.15) is 0 Å². The van der Waals surface area contributed by atoms with Crippen LogP contribution in [0.5, 0.6) is 5.75 Å². The second-order valence-corrected chi connectivity index (χ2v) is 3.31. The van der Waals surface area contributed by atoms with Crippen molar-refractivity contribution in [2.45, 2.75) is 13.0 Å². The van der Waals surface area contributed by atoms with Crippen LogP contribution in [0.15, 0.2) is 24.5 Å². The molecule has 0 aliphatic rings. The number of fused-ring (bicyclic) bond motifs is 1. The van der Waals surface area contributed by atoms with Gasteiger partial charge < -0.3 is 14.8 Å². The predicted octanol–water partition coefficient (Wildman–Crippen LogP) is 1.32. The van der Waals surface area contributed by atoms with Crippen LogP contribution in [0.2, 0.25) is 0 Å². The maximum atomic E-state index is 9.28. The van der Waals surface area contributed by atoms with Crippen molar-refractivity contribution >= 4 is 5.52 Å². The molecular formula is C10H13N3O. The van der Waals surface area contributed by atoms with Crippen LogP contribution < -0.4 is 5.32 Å². The lowest BCUT2D eigenvalue weighted by atomic mass is 10.3. The minimum Gasteiger partial charge on any atom is -0.508 e. The first-order valence-electron chi connectivity index (χ1n) is 4.55. The normalized spacial score (nSPS) is 13.3. The molecular weight excluding hydrogens is 178 g/mol. The minimum absolute atomic E-state index is 0.196. The minimum atomic E-state index is 0.196. The number of hydrogen-bond acceptors (Lipinski definition) is 3. The average molecular weight is 191 g/mol. The van der Waals surface area contributed by atoms with Gasteiger partial charge in [0.25, 0.3) is 0 Å². The monoisotopic (exact) mass is 191 g/mol. The van der Waals surface area contributed by atoms with Crippen molar-refractivity contribution in [1.29, 1.82) is 0 Å². The molecule has 74 valence electrons. The lowest BCUT2D eigenvalue weighted by Gasteiger charge is -2.08. The quantitative estimate of drug-likeness (QED) is 0.752. The van der Waals surface area contributed by atoms with E-state index in [4.69, 9.17) is 0 Å². The van der Waals surface area contributed by atoms with E-state index in [2.05, 4.69) is 10.3 Å². The molecule has 2 aromatic rings. The molecule has 0 aliphatic carbocycles. The Morgan fingerprint density at radius 2 is 2.36 bits per heavy atom. The Balaban J connectivity index is 2.58. The molecule has 0 saturated heterocycles. The number of imidazole rings is 1. The molecule has 0 radical (unpaired) electrons. The Morgan fingerprint density at radius 1 is 1.57 bits per heavy atom. The highest BCUT2D eigenvalue weighted by Gasteiger charge is 2.09. The van der Waals surface area contributed by atoms with E-state index in [0.717, 1.165) is 11.3 Å². The lowest BCUT2D eigenvalue weighted by molar-refractivity contribution is 0.475. The Bertz CT molecular complexity index is 450. The van der Waals surface area contributed by atoms with Crippen LogP contribution in [0.4, 0.5) is 0 Å². The molecule has 0 aromatic carbocycles. The maximum absolute atomic E-state index is 9.28. The molecule has 0 saturated carbocycles. The lowest BCUT2D eigenvalue weighted by Crippen LogP contribution is -2.15. The van der Waals surface area contributed by atoms with Crippen molar-refractivity contribution < 1.29 is 5.11 Å². The third-order valence-electron chi connectivity index (χ3n) is 2.36. The number of pyridine rings is 1. The molecule has 2 N–H and O–H groups in total. The number of hydrogen-bond donors (Lipinski definition) is 2. The van der Waals surface area contributed by atoms with Crippen molar-refractivity contribution in [2.24, 2.45) is 0 Å². The number of rotatable bonds is 2. The summed E-state index contributed by atoms with van der Waals surface area (Å²) in [5.41, 5.74) is 0.905. The van der Waals surface area contributed by atoms with Gasteiger partial charge in [-0.15, -0.1) is 0 Å². The van der Waals surface area contributed by atoms with Crippen molar-refractivity contribution in [1.82, 2.24) is 14.7 Å². The van der Waals surface area contributed by atoms with Crippen LogP contribution in [-0.4, -0.2) is 21.5 Å². The third-order valence-corrected chi connectivity index (χ3v) is 2.36. The van der Waals surface area contributed by atoms with E-state index in [1.807, 2.05) is 24.6 Å². The summed E-state index contributed by atoms with van der Waals surface area (Å²) in [6.07, 6.45) is 3.57. The highest BCUT2D eigenvalue weighted by molar-refractivity contribution is 5.50. The molecule has 2 heterocycles. The van der Waals surface area contributed by atoms with Gasteiger partial charge in [-0.3, -0.25) is 0 Å². The van der Waals surface area contributed by atoms with Crippen LogP contribution in [0.1, 0.15) is 18.8 Å². The second kappa shape index (κ2) is 3.31. The molecule has 0 bridgehead atoms. The molecule has 4 heteroatoms. The second-order valence-electron chi connectivity index (χ2n) is 3.31. The summed E-state index contributed by atoms with van der Waals surface area (Å²) in [6.45, 7) is 2.04. The van der Waals surface area contributed by atoms with Gasteiger partial charge in [-0.25, -0.2) is 4.98 Å². The topological polar surface area (TPSA) is 49.6 Å². The van der Waals surface area contributed by atoms with E-state index in [1.165, 1.54) is 0 Å². The van der Waals surface area contributed by atoms with Gasteiger partial charge in [0.2, 0.25) is 0 Å². The van der Waals surface area contributed by atoms with E-state index >= 15 is 0 Å². The van der Waals surface area contributed by atoms with Crippen LogP contribution in [-0.2, 0) is 0 Å². The summed E-state index contributed by atoms with van der Waals surface area (Å²) in [7, 11) is 1.89. The van der Waals surface area contributed by atoms with Gasteiger partial charge in [0.05, 0.1) is 17.8 Å². The average Bonchev–Trinajstić information content (AvgIpc) is 2.59. The molecule has 1 unspecified atom stereocenters. The molecule has 0 aliphatic heterocycles. The van der Waals surface area contributed by atoms with E-state index in [9.17, 15) is 5.11 Å². The first-order valence-corrected chi connectivity index (χ1v) is 4.55. The fourth-order valence-electron chi connectivity index (χ4n) is 1.46. The van der Waals surface area contributed by atoms with Crippen molar-refractivity contribution in [3.63, 3.8) is 0 Å². The first kappa shape index (κ1) is 9.02. The number of aromatic nitrogens is 2. The molecule has 0 amide bonds. The van der Waals surface area contributed by atoms with Crippen molar-refractivity contribution in [3.8, 4) is 5.75 Å². The van der Waals surface area contributed by atoms with E-state index in [1.54, 1.807) is 18.3 Å². The Hall–Kier alpha value is -1.55. The standard InChI is InChI=1S/C10H13N3O/c1-7(11-2)10-12-6-8-5-9(14)3-4-13(8)10/h3-7,11,14H,1-2H3. The summed E-state index contributed by atoms with van der Waals surface area (Å²) in [4.78, 5) is 4.30. The third kappa shape index (κ3) is 1.33. The van der Waals surface area contributed by atoms with E-state index in [-0.39, 0.29) is 11.8 Å². The molecule has 14 heavy (non-hydrogen) atoms. The zero-order chi connectivity index (χ0) is 10.1. The fraction of sp³-hybridized carbons (Fsp3) is 0.300. The van der Waals surface area contributed by atoms with Gasteiger partial charge >= 0.3 is 0 Å². The largest absolute Gasteiger partial charge is 0.508 e. The van der Waals surface area contributed by atoms with Gasteiger partial charge in [0.1, 0.15) is 11.6 Å². The Morgan fingerprint density at radius 3 is 3.07 bits per heavy atom. The van der Waals surface area contributed by atoms with Crippen LogP contribution >= 0.6 is 0 Å². The summed E-state index contributed by atoms with van der Waals surface area (Å²) >= 11 is 0. The summed E-state index contributed by atoms with van der Waals surface area (Å²) in [6, 6.07) is 3.54. The molecule has 2 rings (SSSR count). The maximum Gasteiger partial charge on any atom is 0.130 e. The molecule has 1 atom stereocenters. The summed E-state index contributed by atoms with van der Waals surface area (Å²) in [5.74, 6) is 1.21. The Kier molecular flexibility index (Phi) is 2.13. The van der Waals surface area contributed by atoms with E-state index < -0.39 is 0 Å².